The van der Waals surface area contributed by atoms with Crippen molar-refractivity contribution in [3.63, 3.8) is 0 Å². The van der Waals surface area contributed by atoms with Crippen molar-refractivity contribution in [1.82, 2.24) is 9.55 Å². The minimum atomic E-state index is -0.0424. The summed E-state index contributed by atoms with van der Waals surface area (Å²) in [5.41, 5.74) is 1.39. The van der Waals surface area contributed by atoms with Crippen molar-refractivity contribution in [2.24, 2.45) is 0 Å². The number of aromatic nitrogens is 2. The van der Waals surface area contributed by atoms with E-state index in [-0.39, 0.29) is 11.3 Å². The third-order valence-electron chi connectivity index (χ3n) is 3.13. The van der Waals surface area contributed by atoms with Gasteiger partial charge in [-0.1, -0.05) is 28.1 Å². The second-order valence-electron chi connectivity index (χ2n) is 4.68. The molecule has 0 aliphatic heterocycles. The Labute approximate surface area is 144 Å². The van der Waals surface area contributed by atoms with Gasteiger partial charge in [-0.2, -0.15) is 0 Å². The van der Waals surface area contributed by atoms with Gasteiger partial charge in [-0.05, 0) is 48.1 Å². The van der Waals surface area contributed by atoms with E-state index >= 15 is 0 Å². The number of nitrogens with zero attached hydrogens (tertiary/aromatic N) is 2. The van der Waals surface area contributed by atoms with Crippen LogP contribution in [0.2, 0.25) is 0 Å². The highest BCUT2D eigenvalue weighted by Gasteiger charge is 2.08. The molecular formula is C15H14BrIN2O2. The molecule has 0 bridgehead atoms. The Bertz CT molecular complexity index is 711. The van der Waals surface area contributed by atoms with Gasteiger partial charge in [-0.15, -0.1) is 0 Å². The van der Waals surface area contributed by atoms with Crippen molar-refractivity contribution in [1.29, 1.82) is 0 Å². The quantitative estimate of drug-likeness (QED) is 0.506. The molecule has 110 valence electrons. The summed E-state index contributed by atoms with van der Waals surface area (Å²) in [7, 11) is 0. The topological polar surface area (TPSA) is 52.0 Å². The van der Waals surface area contributed by atoms with Gasteiger partial charge in [-0.3, -0.25) is 14.2 Å². The van der Waals surface area contributed by atoms with Crippen LogP contribution in [0.4, 0.5) is 0 Å². The van der Waals surface area contributed by atoms with Crippen LogP contribution in [0.5, 0.6) is 0 Å². The van der Waals surface area contributed by atoms with Crippen molar-refractivity contribution in [2.75, 3.05) is 0 Å². The summed E-state index contributed by atoms with van der Waals surface area (Å²) < 4.78 is 3.14. The van der Waals surface area contributed by atoms with Crippen LogP contribution >= 0.6 is 38.5 Å². The fourth-order valence-corrected chi connectivity index (χ4v) is 2.61. The lowest BCUT2D eigenvalue weighted by Gasteiger charge is -2.06. The first kappa shape index (κ1) is 16.4. The Balaban J connectivity index is 1.96. The van der Waals surface area contributed by atoms with E-state index in [0.717, 1.165) is 10.2 Å². The smallest absolute Gasteiger partial charge is 0.266 e. The number of Topliss-reactive ketones (excluding diaryl/α,β-unsaturated/α-hetero) is 1. The average molecular weight is 461 g/mol. The molecule has 0 spiro atoms. The summed E-state index contributed by atoms with van der Waals surface area (Å²) in [6.07, 6.45) is 2.58. The van der Waals surface area contributed by atoms with Crippen molar-refractivity contribution in [2.45, 2.75) is 26.3 Å². The van der Waals surface area contributed by atoms with Crippen LogP contribution in [0.15, 0.2) is 39.9 Å². The Hall–Kier alpha value is -1.02. The third kappa shape index (κ3) is 4.23. The number of ketones is 1. The van der Waals surface area contributed by atoms with Crippen LogP contribution < -0.4 is 5.56 Å². The number of aryl methyl sites for hydroxylation is 2. The number of rotatable bonds is 5. The Kier molecular flexibility index (Phi) is 5.69. The highest BCUT2D eigenvalue weighted by atomic mass is 127. The number of hydrogen-bond acceptors (Lipinski definition) is 3. The minimum Gasteiger partial charge on any atom is -0.298 e. The van der Waals surface area contributed by atoms with Crippen LogP contribution in [-0.2, 0) is 6.54 Å². The fourth-order valence-electron chi connectivity index (χ4n) is 1.90. The molecule has 0 saturated heterocycles. The van der Waals surface area contributed by atoms with Gasteiger partial charge in [0.1, 0.15) is 0 Å². The number of carbonyl (C=O) groups is 1. The normalized spacial score (nSPS) is 10.6. The summed E-state index contributed by atoms with van der Waals surface area (Å²) >= 11 is 5.35. The Morgan fingerprint density at radius 3 is 2.67 bits per heavy atom. The molecule has 2 aromatic rings. The maximum Gasteiger partial charge on any atom is 0.266 e. The molecule has 0 unspecified atom stereocenters. The first-order chi connectivity index (χ1) is 9.99. The van der Waals surface area contributed by atoms with Gasteiger partial charge in [0.25, 0.3) is 5.56 Å². The van der Waals surface area contributed by atoms with Crippen molar-refractivity contribution in [3.8, 4) is 0 Å². The van der Waals surface area contributed by atoms with Gasteiger partial charge in [0, 0.05) is 23.0 Å². The summed E-state index contributed by atoms with van der Waals surface area (Å²) in [4.78, 5) is 28.2. The molecule has 0 atom stereocenters. The zero-order valence-electron chi connectivity index (χ0n) is 11.5. The molecule has 0 radical (unpaired) electrons. The molecule has 1 aromatic heterocycles. The maximum atomic E-state index is 12.0. The monoisotopic (exact) mass is 460 g/mol. The summed E-state index contributed by atoms with van der Waals surface area (Å²) in [6, 6.07) is 7.30. The van der Waals surface area contributed by atoms with Crippen LogP contribution in [0.3, 0.4) is 0 Å². The summed E-state index contributed by atoms with van der Waals surface area (Å²) in [5, 5.41) is 0. The molecule has 0 fully saturated rings. The van der Waals surface area contributed by atoms with Crippen LogP contribution in [0.25, 0.3) is 0 Å². The van der Waals surface area contributed by atoms with E-state index in [1.54, 1.807) is 23.0 Å². The number of carbonyl (C=O) groups excluding carboxylic acids is 1. The average Bonchev–Trinajstić information content (AvgIpc) is 2.48. The van der Waals surface area contributed by atoms with E-state index in [1.807, 2.05) is 41.6 Å². The molecule has 1 aromatic carbocycles. The predicted molar refractivity (Wildman–Crippen MR) is 93.7 cm³/mol. The van der Waals surface area contributed by atoms with E-state index in [4.69, 9.17) is 0 Å². The molecule has 21 heavy (non-hydrogen) atoms. The van der Waals surface area contributed by atoms with E-state index in [9.17, 15) is 9.59 Å². The predicted octanol–water partition coefficient (Wildman–Crippen LogP) is 3.58. The second kappa shape index (κ2) is 7.31. The lowest BCUT2D eigenvalue weighted by atomic mass is 10.1. The van der Waals surface area contributed by atoms with Crippen LogP contribution in [0, 0.1) is 10.5 Å². The number of halogens is 2. The molecule has 6 heteroatoms. The first-order valence-electron chi connectivity index (χ1n) is 6.49. The van der Waals surface area contributed by atoms with Crippen molar-refractivity contribution < 1.29 is 4.79 Å². The SMILES string of the molecule is Cc1ncn(CCCC(=O)c2ccc(Br)cc2)c(=O)c1I. The summed E-state index contributed by atoms with van der Waals surface area (Å²) in [6.45, 7) is 2.31. The molecule has 1 heterocycles. The molecule has 0 aliphatic carbocycles. The van der Waals surface area contributed by atoms with Crippen molar-refractivity contribution in [3.05, 3.63) is 60.2 Å². The second-order valence-corrected chi connectivity index (χ2v) is 6.67. The Morgan fingerprint density at radius 2 is 2.00 bits per heavy atom. The van der Waals surface area contributed by atoms with Gasteiger partial charge in [-0.25, -0.2) is 4.98 Å². The molecular weight excluding hydrogens is 447 g/mol. The van der Waals surface area contributed by atoms with Gasteiger partial charge in [0.15, 0.2) is 5.78 Å². The van der Waals surface area contributed by atoms with E-state index in [0.29, 0.717) is 28.5 Å². The van der Waals surface area contributed by atoms with Crippen LogP contribution in [-0.4, -0.2) is 15.3 Å². The highest BCUT2D eigenvalue weighted by molar-refractivity contribution is 14.1. The molecule has 0 N–H and O–H groups in total. The molecule has 0 saturated carbocycles. The zero-order chi connectivity index (χ0) is 15.4. The maximum absolute atomic E-state index is 12.0. The van der Waals surface area contributed by atoms with Crippen molar-refractivity contribution >= 4 is 44.3 Å². The number of benzene rings is 1. The van der Waals surface area contributed by atoms with Gasteiger partial charge >= 0.3 is 0 Å². The van der Waals surface area contributed by atoms with Gasteiger partial charge in [0.05, 0.1) is 15.6 Å². The molecule has 0 aliphatic rings. The molecule has 0 amide bonds. The van der Waals surface area contributed by atoms with Gasteiger partial charge < -0.3 is 0 Å². The fraction of sp³-hybridized carbons (Fsp3) is 0.267. The minimum absolute atomic E-state index is 0.0424. The standard InChI is InChI=1S/C15H14BrIN2O2/c1-10-14(17)15(21)19(9-18-10)8-2-3-13(20)11-4-6-12(16)7-5-11/h4-7,9H,2-3,8H2,1H3. The molecule has 2 rings (SSSR count). The van der Waals surface area contributed by atoms with E-state index in [1.165, 1.54) is 0 Å². The number of hydrogen-bond donors (Lipinski definition) is 0. The lowest BCUT2D eigenvalue weighted by Crippen LogP contribution is -2.24. The lowest BCUT2D eigenvalue weighted by molar-refractivity contribution is 0.0978. The van der Waals surface area contributed by atoms with Gasteiger partial charge in [0.2, 0.25) is 0 Å². The van der Waals surface area contributed by atoms with Crippen LogP contribution in [0.1, 0.15) is 28.9 Å². The Morgan fingerprint density at radius 1 is 1.33 bits per heavy atom. The largest absolute Gasteiger partial charge is 0.298 e. The third-order valence-corrected chi connectivity index (χ3v) is 4.90. The van der Waals surface area contributed by atoms with E-state index < -0.39 is 0 Å². The molecule has 4 nitrogen and oxygen atoms in total. The summed E-state index contributed by atoms with van der Waals surface area (Å²) in [5.74, 6) is 0.0883. The first-order valence-corrected chi connectivity index (χ1v) is 8.36. The highest BCUT2D eigenvalue weighted by Crippen LogP contribution is 2.12. The zero-order valence-corrected chi connectivity index (χ0v) is 15.2. The van der Waals surface area contributed by atoms with E-state index in [2.05, 4.69) is 20.9 Å².